The van der Waals surface area contributed by atoms with E-state index >= 15 is 0 Å². The van der Waals surface area contributed by atoms with E-state index in [1.807, 2.05) is 0 Å². The molecule has 0 aromatic carbocycles. The van der Waals surface area contributed by atoms with Crippen LogP contribution in [0.5, 0.6) is 0 Å². The summed E-state index contributed by atoms with van der Waals surface area (Å²) in [6, 6.07) is 0. The van der Waals surface area contributed by atoms with Crippen molar-refractivity contribution in [1.29, 1.82) is 0 Å². The van der Waals surface area contributed by atoms with E-state index in [-0.39, 0.29) is 25.7 Å². The van der Waals surface area contributed by atoms with Gasteiger partial charge < -0.3 is 33.8 Å². The van der Waals surface area contributed by atoms with E-state index in [9.17, 15) is 43.2 Å². The molecule has 0 aliphatic heterocycles. The molecule has 17 nitrogen and oxygen atoms in total. The van der Waals surface area contributed by atoms with Crippen LogP contribution in [0.2, 0.25) is 0 Å². The van der Waals surface area contributed by atoms with E-state index in [2.05, 4.69) is 48.5 Å². The molecule has 0 radical (unpaired) electrons. The fraction of sp³-hybridized carbons (Fsp3) is 0.949. The molecule has 0 rings (SSSR count). The van der Waals surface area contributed by atoms with E-state index in [0.717, 1.165) is 108 Å². The van der Waals surface area contributed by atoms with Crippen molar-refractivity contribution in [2.75, 3.05) is 39.6 Å². The second-order valence-electron chi connectivity index (χ2n) is 29.4. The van der Waals surface area contributed by atoms with Crippen LogP contribution in [0.3, 0.4) is 0 Å². The number of aliphatic hydroxyl groups is 1. The summed E-state index contributed by atoms with van der Waals surface area (Å²) in [7, 11) is -9.92. The second kappa shape index (κ2) is 69.4. The number of esters is 4. The number of rotatable bonds is 77. The molecule has 0 amide bonds. The summed E-state index contributed by atoms with van der Waals surface area (Å²) in [5.41, 5.74) is 0. The van der Waals surface area contributed by atoms with Crippen LogP contribution in [0.25, 0.3) is 0 Å². The van der Waals surface area contributed by atoms with Crippen LogP contribution in [0, 0.1) is 17.8 Å². The monoisotopic (exact) mass is 1440 g/mol. The molecule has 4 unspecified atom stereocenters. The molecule has 0 fully saturated rings. The van der Waals surface area contributed by atoms with Gasteiger partial charge in [-0.1, -0.05) is 357 Å². The van der Waals surface area contributed by atoms with Gasteiger partial charge >= 0.3 is 39.5 Å². The Bertz CT molecular complexity index is 1910. The van der Waals surface area contributed by atoms with Crippen LogP contribution in [0.1, 0.15) is 408 Å². The maximum atomic E-state index is 13.1. The lowest BCUT2D eigenvalue weighted by molar-refractivity contribution is -0.161. The van der Waals surface area contributed by atoms with Crippen LogP contribution >= 0.6 is 15.6 Å². The molecule has 0 aliphatic rings. The topological polar surface area (TPSA) is 237 Å². The van der Waals surface area contributed by atoms with Gasteiger partial charge in [0, 0.05) is 25.7 Å². The summed E-state index contributed by atoms with van der Waals surface area (Å²) in [6.07, 6.45) is 56.8. The predicted molar refractivity (Wildman–Crippen MR) is 400 cm³/mol. The lowest BCUT2D eigenvalue weighted by Crippen LogP contribution is -2.30. The predicted octanol–water partition coefficient (Wildman–Crippen LogP) is 23.4. The number of phosphoric acid groups is 2. The van der Waals surface area contributed by atoms with Crippen molar-refractivity contribution in [3.8, 4) is 0 Å². The van der Waals surface area contributed by atoms with Crippen LogP contribution in [-0.2, 0) is 65.4 Å². The Labute approximate surface area is 600 Å². The molecule has 19 heteroatoms. The Morgan fingerprint density at radius 2 is 0.520 bits per heavy atom. The maximum Gasteiger partial charge on any atom is 0.472 e. The molecular weight excluding hydrogens is 1280 g/mol. The fourth-order valence-corrected chi connectivity index (χ4v) is 13.6. The number of carbonyl (C=O) groups excluding carboxylic acids is 4. The third-order valence-corrected chi connectivity index (χ3v) is 21.0. The summed E-state index contributed by atoms with van der Waals surface area (Å²) >= 11 is 0. The largest absolute Gasteiger partial charge is 0.472 e. The maximum absolute atomic E-state index is 13.1. The molecule has 98 heavy (non-hydrogen) atoms. The first-order chi connectivity index (χ1) is 47.3. The van der Waals surface area contributed by atoms with Crippen molar-refractivity contribution < 1.29 is 80.2 Å². The van der Waals surface area contributed by atoms with Crippen LogP contribution in [0.15, 0.2) is 0 Å². The molecule has 0 saturated heterocycles. The van der Waals surface area contributed by atoms with E-state index in [4.69, 9.17) is 37.0 Å². The SMILES string of the molecule is CCCCCCCCCCCCCCC(=O)O[C@H](COC(=O)CCCCCCCCCC(C)C)COP(=O)(O)OC[C@H](O)COP(=O)(O)OC[C@@H](COC(=O)CCCCCCCCCCCCCCCCC(C)CC)OC(=O)CCCCCCCCCCCCCCCCC(C)CC. The summed E-state index contributed by atoms with van der Waals surface area (Å²) < 4.78 is 68.6. The average Bonchev–Trinajstić information content (AvgIpc) is 0.939. The van der Waals surface area contributed by atoms with Gasteiger partial charge in [0.1, 0.15) is 19.3 Å². The van der Waals surface area contributed by atoms with Crippen molar-refractivity contribution in [3.63, 3.8) is 0 Å². The number of hydrogen-bond donors (Lipinski definition) is 3. The number of unbranched alkanes of at least 4 members (excludes halogenated alkanes) is 43. The normalized spacial score (nSPS) is 14.6. The second-order valence-corrected chi connectivity index (χ2v) is 32.3. The smallest absolute Gasteiger partial charge is 0.462 e. The zero-order valence-corrected chi connectivity index (χ0v) is 66.0. The molecule has 0 aromatic rings. The van der Waals surface area contributed by atoms with E-state index in [0.29, 0.717) is 31.6 Å². The van der Waals surface area contributed by atoms with Gasteiger partial charge in [0.05, 0.1) is 26.4 Å². The van der Waals surface area contributed by atoms with Gasteiger partial charge in [-0.15, -0.1) is 0 Å². The zero-order chi connectivity index (χ0) is 72.3. The van der Waals surface area contributed by atoms with Gasteiger partial charge in [0.15, 0.2) is 12.2 Å². The van der Waals surface area contributed by atoms with Crippen LogP contribution < -0.4 is 0 Å². The highest BCUT2D eigenvalue weighted by atomic mass is 31.2. The zero-order valence-electron chi connectivity index (χ0n) is 64.3. The third-order valence-electron chi connectivity index (χ3n) is 19.1. The summed E-state index contributed by atoms with van der Waals surface area (Å²) in [4.78, 5) is 72.9. The van der Waals surface area contributed by atoms with Crippen LogP contribution in [0.4, 0.5) is 0 Å². The minimum absolute atomic E-state index is 0.106. The molecule has 7 atom stereocenters. The minimum Gasteiger partial charge on any atom is -0.462 e. The van der Waals surface area contributed by atoms with Crippen molar-refractivity contribution in [2.45, 2.75) is 426 Å². The molecule has 0 bridgehead atoms. The Morgan fingerprint density at radius 1 is 0.296 bits per heavy atom. The summed E-state index contributed by atoms with van der Waals surface area (Å²) in [6.45, 7) is 12.0. The summed E-state index contributed by atoms with van der Waals surface area (Å²) in [5.74, 6) is 0.288. The van der Waals surface area contributed by atoms with Gasteiger partial charge in [0.2, 0.25) is 0 Å². The van der Waals surface area contributed by atoms with E-state index < -0.39 is 97.5 Å². The number of hydrogen-bond acceptors (Lipinski definition) is 15. The third kappa shape index (κ3) is 69.8. The van der Waals surface area contributed by atoms with Crippen molar-refractivity contribution in [2.24, 2.45) is 17.8 Å². The number of ether oxygens (including phenoxy) is 4. The first kappa shape index (κ1) is 96.1. The Morgan fingerprint density at radius 3 is 0.776 bits per heavy atom. The van der Waals surface area contributed by atoms with Gasteiger partial charge in [-0.05, 0) is 43.4 Å². The van der Waals surface area contributed by atoms with Crippen molar-refractivity contribution in [3.05, 3.63) is 0 Å². The Balaban J connectivity index is 5.24. The highest BCUT2D eigenvalue weighted by molar-refractivity contribution is 7.47. The van der Waals surface area contributed by atoms with Crippen molar-refractivity contribution >= 4 is 39.5 Å². The minimum atomic E-state index is -4.96. The Kier molecular flexibility index (Phi) is 68.1. The van der Waals surface area contributed by atoms with Gasteiger partial charge in [-0.2, -0.15) is 0 Å². The first-order valence-corrected chi connectivity index (χ1v) is 43.9. The number of aliphatic hydroxyl groups excluding tert-OH is 1. The molecule has 3 N–H and O–H groups in total. The van der Waals surface area contributed by atoms with E-state index in [1.54, 1.807) is 0 Å². The molecule has 582 valence electrons. The van der Waals surface area contributed by atoms with E-state index in [1.165, 1.54) is 212 Å². The fourth-order valence-electron chi connectivity index (χ4n) is 12.1. The molecule has 0 spiro atoms. The van der Waals surface area contributed by atoms with Crippen molar-refractivity contribution in [1.82, 2.24) is 0 Å². The molecule has 0 aromatic heterocycles. The van der Waals surface area contributed by atoms with Gasteiger partial charge in [-0.25, -0.2) is 9.13 Å². The highest BCUT2D eigenvalue weighted by Gasteiger charge is 2.30. The Hall–Kier alpha value is -1.94. The summed E-state index contributed by atoms with van der Waals surface area (Å²) in [5, 5.41) is 10.6. The lowest BCUT2D eigenvalue weighted by atomic mass is 9.99. The van der Waals surface area contributed by atoms with Crippen LogP contribution in [-0.4, -0.2) is 96.7 Å². The van der Waals surface area contributed by atoms with Gasteiger partial charge in [-0.3, -0.25) is 37.3 Å². The lowest BCUT2D eigenvalue weighted by Gasteiger charge is -2.21. The average molecular weight is 1440 g/mol. The number of phosphoric ester groups is 2. The molecule has 0 aliphatic carbocycles. The van der Waals surface area contributed by atoms with Gasteiger partial charge in [0.25, 0.3) is 0 Å². The quantitative estimate of drug-likeness (QED) is 0.0222. The molecule has 0 heterocycles. The standard InChI is InChI=1S/C79H154O17P2/c1-8-11-12-13-14-15-16-27-33-40-48-55-62-78(83)96-75(67-90-77(82)61-54-47-42-35-36-43-50-57-70(4)5)69-94-98(87,88)92-65-73(80)64-91-97(85,86)93-68-74(95-79(84)63-56-49-41-34-29-24-20-18-22-26-31-38-45-52-59-72(7)10-3)66-89-76(81)60-53-46-39-32-28-23-19-17-21-25-30-37-44-51-58-71(6)9-2/h70-75,80H,8-69H2,1-7H3,(H,85,86)(H,87,88)/t71?,72?,73-,74-,75-/m1/s1. The first-order valence-electron chi connectivity index (χ1n) is 40.9. The molecular formula is C79H154O17P2. The number of carbonyl (C=O) groups is 4. The molecule has 0 saturated carbocycles. The highest BCUT2D eigenvalue weighted by Crippen LogP contribution is 2.45.